The van der Waals surface area contributed by atoms with E-state index in [9.17, 15) is 23.3 Å². The highest BCUT2D eigenvalue weighted by atomic mass is 32.2. The van der Waals surface area contributed by atoms with Crippen LogP contribution in [0.3, 0.4) is 0 Å². The number of benzene rings is 1. The van der Waals surface area contributed by atoms with Crippen LogP contribution in [0.2, 0.25) is 0 Å². The number of nitro benzene ring substituents is 1. The van der Waals surface area contributed by atoms with Gasteiger partial charge in [0.15, 0.2) is 0 Å². The number of non-ortho nitro benzene ring substituents is 1. The number of carboxylic acids is 1. The van der Waals surface area contributed by atoms with Crippen molar-refractivity contribution in [2.45, 2.75) is 25.1 Å². The first kappa shape index (κ1) is 17.1. The Balaban J connectivity index is 3.00. The van der Waals surface area contributed by atoms with Crippen LogP contribution in [0.1, 0.15) is 19.4 Å². The fourth-order valence-electron chi connectivity index (χ4n) is 1.50. The topological polar surface area (TPSA) is 118 Å². The molecule has 9 heteroatoms. The molecule has 0 fully saturated rings. The van der Waals surface area contributed by atoms with Crippen molar-refractivity contribution in [3.05, 3.63) is 39.9 Å². The molecule has 0 heterocycles. The van der Waals surface area contributed by atoms with Crippen molar-refractivity contribution < 1.29 is 23.2 Å². The third-order valence-electron chi connectivity index (χ3n) is 3.22. The molecule has 0 saturated heterocycles. The fraction of sp³-hybridized carbons (Fsp3) is 0.417. The molecule has 1 rings (SSSR count). The van der Waals surface area contributed by atoms with E-state index in [1.165, 1.54) is 45.2 Å². The van der Waals surface area contributed by atoms with Gasteiger partial charge in [-0.15, -0.1) is 0 Å². The third-order valence-corrected chi connectivity index (χ3v) is 5.21. The maximum Gasteiger partial charge on any atom is 0.324 e. The number of likely N-dealkylation sites (N-methyl/N-ethyl adjacent to an activating group) is 1. The molecule has 0 aromatic heterocycles. The molecule has 0 amide bonds. The van der Waals surface area contributed by atoms with Gasteiger partial charge in [-0.2, -0.15) is 4.31 Å². The zero-order valence-corrected chi connectivity index (χ0v) is 12.6. The summed E-state index contributed by atoms with van der Waals surface area (Å²) in [7, 11) is -2.68. The van der Waals surface area contributed by atoms with Gasteiger partial charge >= 0.3 is 5.97 Å². The van der Waals surface area contributed by atoms with E-state index in [0.29, 0.717) is 5.56 Å². The van der Waals surface area contributed by atoms with Crippen LogP contribution in [0.5, 0.6) is 0 Å². The number of aliphatic carboxylic acids is 1. The number of rotatable bonds is 6. The predicted octanol–water partition coefficient (Wildman–Crippen LogP) is 1.22. The van der Waals surface area contributed by atoms with Crippen LogP contribution >= 0.6 is 0 Å². The van der Waals surface area contributed by atoms with Gasteiger partial charge in [-0.3, -0.25) is 14.9 Å². The van der Waals surface area contributed by atoms with Gasteiger partial charge in [0.05, 0.1) is 10.7 Å². The second-order valence-corrected chi connectivity index (χ2v) is 7.01. The monoisotopic (exact) mass is 316 g/mol. The van der Waals surface area contributed by atoms with E-state index in [4.69, 9.17) is 5.11 Å². The summed E-state index contributed by atoms with van der Waals surface area (Å²) in [6.07, 6.45) is 0. The van der Waals surface area contributed by atoms with Crippen LogP contribution in [0, 0.1) is 10.1 Å². The molecule has 21 heavy (non-hydrogen) atoms. The highest BCUT2D eigenvalue weighted by Gasteiger charge is 2.39. The van der Waals surface area contributed by atoms with Crippen molar-refractivity contribution in [2.75, 3.05) is 7.05 Å². The Morgan fingerprint density at radius 1 is 1.33 bits per heavy atom. The van der Waals surface area contributed by atoms with E-state index < -0.39 is 32.2 Å². The zero-order chi connectivity index (χ0) is 16.4. The second kappa shape index (κ2) is 5.78. The minimum atomic E-state index is -3.87. The molecule has 0 aliphatic rings. The van der Waals surface area contributed by atoms with Crippen LogP contribution in [-0.4, -0.2) is 41.3 Å². The minimum absolute atomic E-state index is 0.143. The normalized spacial score (nSPS) is 12.4. The molecule has 0 radical (unpaired) electrons. The Morgan fingerprint density at radius 3 is 2.19 bits per heavy atom. The molecule has 0 unspecified atom stereocenters. The van der Waals surface area contributed by atoms with E-state index in [0.717, 1.165) is 4.31 Å². The Labute approximate surface area is 122 Å². The van der Waals surface area contributed by atoms with Gasteiger partial charge in [-0.25, -0.2) is 8.42 Å². The second-order valence-electron chi connectivity index (χ2n) is 5.01. The summed E-state index contributed by atoms with van der Waals surface area (Å²) in [5.74, 6) is -1.70. The third kappa shape index (κ3) is 3.76. The molecule has 0 aliphatic carbocycles. The maximum absolute atomic E-state index is 12.2. The van der Waals surface area contributed by atoms with Crippen molar-refractivity contribution in [2.24, 2.45) is 0 Å². The lowest BCUT2D eigenvalue weighted by molar-refractivity contribution is -0.384. The van der Waals surface area contributed by atoms with E-state index in [-0.39, 0.29) is 5.69 Å². The SMILES string of the molecule is CN(C(C)(C)C(=O)O)S(=O)(=O)Cc1ccc([N+](=O)[O-])cc1. The van der Waals surface area contributed by atoms with Gasteiger partial charge < -0.3 is 5.11 Å². The van der Waals surface area contributed by atoms with Crippen LogP contribution in [0.25, 0.3) is 0 Å². The Morgan fingerprint density at radius 2 is 1.81 bits per heavy atom. The average molecular weight is 316 g/mol. The van der Waals surface area contributed by atoms with Gasteiger partial charge in [-0.05, 0) is 19.4 Å². The standard InChI is InChI=1S/C12H16N2O6S/c1-12(2,11(15)16)13(3)21(19,20)8-9-4-6-10(7-5-9)14(17)18/h4-7H,8H2,1-3H3,(H,15,16). The van der Waals surface area contributed by atoms with Crippen molar-refractivity contribution in [1.82, 2.24) is 4.31 Å². The van der Waals surface area contributed by atoms with Crippen molar-refractivity contribution in [1.29, 1.82) is 0 Å². The molecule has 0 atom stereocenters. The van der Waals surface area contributed by atoms with E-state index in [2.05, 4.69) is 0 Å². The first-order chi connectivity index (χ1) is 9.48. The largest absolute Gasteiger partial charge is 0.480 e. The molecule has 116 valence electrons. The van der Waals surface area contributed by atoms with Crippen LogP contribution in [0.4, 0.5) is 5.69 Å². The maximum atomic E-state index is 12.2. The van der Waals surface area contributed by atoms with Gasteiger partial charge in [-0.1, -0.05) is 12.1 Å². The number of hydrogen-bond donors (Lipinski definition) is 1. The smallest absolute Gasteiger partial charge is 0.324 e. The lowest BCUT2D eigenvalue weighted by Gasteiger charge is -2.30. The summed E-state index contributed by atoms with van der Waals surface area (Å²) >= 11 is 0. The zero-order valence-electron chi connectivity index (χ0n) is 11.8. The lowest BCUT2D eigenvalue weighted by Crippen LogP contribution is -2.50. The van der Waals surface area contributed by atoms with Crippen molar-refractivity contribution >= 4 is 21.7 Å². The average Bonchev–Trinajstić information content (AvgIpc) is 2.37. The molecule has 0 saturated carbocycles. The number of sulfonamides is 1. The Kier molecular flexibility index (Phi) is 4.69. The van der Waals surface area contributed by atoms with Crippen LogP contribution in [-0.2, 0) is 20.6 Å². The highest BCUT2D eigenvalue weighted by Crippen LogP contribution is 2.21. The summed E-state index contributed by atoms with van der Waals surface area (Å²) in [5, 5.41) is 19.6. The van der Waals surface area contributed by atoms with Gasteiger partial charge in [0.25, 0.3) is 5.69 Å². The molecule has 0 spiro atoms. The first-order valence-corrected chi connectivity index (χ1v) is 7.53. The van der Waals surface area contributed by atoms with Gasteiger partial charge in [0, 0.05) is 19.2 Å². The fourth-order valence-corrected chi connectivity index (χ4v) is 3.08. The van der Waals surface area contributed by atoms with Crippen LogP contribution < -0.4 is 0 Å². The molecule has 8 nitrogen and oxygen atoms in total. The molecule has 1 aromatic rings. The number of carboxylic acid groups (broad SMARTS) is 1. The number of nitrogens with zero attached hydrogens (tertiary/aromatic N) is 2. The van der Waals surface area contributed by atoms with Crippen molar-refractivity contribution in [3.8, 4) is 0 Å². The molecule has 1 N–H and O–H groups in total. The molecule has 1 aromatic carbocycles. The summed E-state index contributed by atoms with van der Waals surface area (Å²) in [5.41, 5.74) is -1.39. The highest BCUT2D eigenvalue weighted by molar-refractivity contribution is 7.88. The van der Waals surface area contributed by atoms with Crippen molar-refractivity contribution in [3.63, 3.8) is 0 Å². The summed E-state index contributed by atoms with van der Waals surface area (Å²) < 4.78 is 25.2. The number of carbonyl (C=O) groups is 1. The summed E-state index contributed by atoms with van der Waals surface area (Å²) in [6, 6.07) is 5.06. The summed E-state index contributed by atoms with van der Waals surface area (Å²) in [4.78, 5) is 21.0. The Hall–Kier alpha value is -2.00. The quantitative estimate of drug-likeness (QED) is 0.622. The Bertz CT molecular complexity index is 651. The summed E-state index contributed by atoms with van der Waals surface area (Å²) in [6.45, 7) is 2.56. The minimum Gasteiger partial charge on any atom is -0.480 e. The predicted molar refractivity (Wildman–Crippen MR) is 75.2 cm³/mol. The molecule has 0 aliphatic heterocycles. The molecular weight excluding hydrogens is 300 g/mol. The van der Waals surface area contributed by atoms with Crippen LogP contribution in [0.15, 0.2) is 24.3 Å². The molecular formula is C12H16N2O6S. The van der Waals surface area contributed by atoms with Gasteiger partial charge in [0.2, 0.25) is 10.0 Å². The van der Waals surface area contributed by atoms with E-state index in [1.807, 2.05) is 0 Å². The number of nitro groups is 1. The van der Waals surface area contributed by atoms with E-state index >= 15 is 0 Å². The molecule has 0 bridgehead atoms. The first-order valence-electron chi connectivity index (χ1n) is 5.92. The number of hydrogen-bond acceptors (Lipinski definition) is 5. The van der Waals surface area contributed by atoms with E-state index in [1.54, 1.807) is 0 Å². The lowest BCUT2D eigenvalue weighted by atomic mass is 10.1. The van der Waals surface area contributed by atoms with Gasteiger partial charge in [0.1, 0.15) is 5.54 Å².